The average Bonchev–Trinajstić information content (AvgIpc) is 2.42. The van der Waals surface area contributed by atoms with Crippen LogP contribution in [-0.4, -0.2) is 5.91 Å². The first kappa shape index (κ1) is 14.5. The van der Waals surface area contributed by atoms with Gasteiger partial charge in [-0.25, -0.2) is 17.6 Å². The summed E-state index contributed by atoms with van der Waals surface area (Å²) in [6.07, 6.45) is 0. The van der Waals surface area contributed by atoms with E-state index in [9.17, 15) is 22.4 Å². The lowest BCUT2D eigenvalue weighted by molar-refractivity contribution is 0.102. The van der Waals surface area contributed by atoms with Crippen LogP contribution in [0, 0.1) is 23.3 Å². The molecule has 1 N–H and O–H groups in total. The molecule has 0 aromatic heterocycles. The van der Waals surface area contributed by atoms with Gasteiger partial charge < -0.3 is 5.32 Å². The van der Waals surface area contributed by atoms with E-state index in [0.29, 0.717) is 6.07 Å². The molecular formula is C13H6BrF4NO. The summed E-state index contributed by atoms with van der Waals surface area (Å²) >= 11 is 3.03. The topological polar surface area (TPSA) is 29.1 Å². The van der Waals surface area contributed by atoms with Gasteiger partial charge in [0.25, 0.3) is 5.91 Å². The molecule has 104 valence electrons. The summed E-state index contributed by atoms with van der Waals surface area (Å²) in [5.41, 5.74) is -0.640. The van der Waals surface area contributed by atoms with E-state index < -0.39 is 34.9 Å². The van der Waals surface area contributed by atoms with Gasteiger partial charge in [0.05, 0.1) is 11.3 Å². The van der Waals surface area contributed by atoms with Crippen LogP contribution in [0.15, 0.2) is 34.8 Å². The van der Waals surface area contributed by atoms with Crippen LogP contribution >= 0.6 is 15.9 Å². The summed E-state index contributed by atoms with van der Waals surface area (Å²) < 4.78 is 52.5. The highest BCUT2D eigenvalue weighted by molar-refractivity contribution is 9.10. The molecule has 0 aliphatic carbocycles. The van der Waals surface area contributed by atoms with E-state index in [2.05, 4.69) is 15.9 Å². The Morgan fingerprint density at radius 2 is 1.70 bits per heavy atom. The molecule has 0 bridgehead atoms. The number of carbonyl (C=O) groups is 1. The third-order valence-electron chi connectivity index (χ3n) is 2.46. The van der Waals surface area contributed by atoms with Crippen LogP contribution in [0.5, 0.6) is 0 Å². The maximum atomic E-state index is 13.4. The smallest absolute Gasteiger partial charge is 0.256 e. The fraction of sp³-hybridized carbons (Fsp3) is 0. The zero-order valence-electron chi connectivity index (χ0n) is 9.68. The van der Waals surface area contributed by atoms with Gasteiger partial charge >= 0.3 is 0 Å². The van der Waals surface area contributed by atoms with E-state index in [4.69, 9.17) is 0 Å². The Bertz CT molecular complexity index is 690. The summed E-state index contributed by atoms with van der Waals surface area (Å²) in [6, 6.07) is 4.90. The van der Waals surface area contributed by atoms with Crippen molar-refractivity contribution in [1.29, 1.82) is 0 Å². The van der Waals surface area contributed by atoms with E-state index in [1.54, 1.807) is 0 Å². The highest BCUT2D eigenvalue weighted by atomic mass is 79.9. The maximum absolute atomic E-state index is 13.4. The van der Waals surface area contributed by atoms with Crippen LogP contribution in [-0.2, 0) is 0 Å². The molecule has 7 heteroatoms. The van der Waals surface area contributed by atoms with Crippen molar-refractivity contribution in [2.75, 3.05) is 5.32 Å². The number of amides is 1. The van der Waals surface area contributed by atoms with E-state index in [1.165, 1.54) is 6.07 Å². The first-order chi connectivity index (χ1) is 9.40. The normalized spacial score (nSPS) is 10.4. The van der Waals surface area contributed by atoms with Gasteiger partial charge in [0.1, 0.15) is 5.82 Å². The Labute approximate surface area is 119 Å². The van der Waals surface area contributed by atoms with E-state index in [-0.39, 0.29) is 10.0 Å². The van der Waals surface area contributed by atoms with Gasteiger partial charge in [0.2, 0.25) is 0 Å². The van der Waals surface area contributed by atoms with Crippen molar-refractivity contribution in [3.05, 3.63) is 63.6 Å². The van der Waals surface area contributed by atoms with Gasteiger partial charge in [-0.1, -0.05) is 0 Å². The fourth-order valence-corrected chi connectivity index (χ4v) is 1.91. The summed E-state index contributed by atoms with van der Waals surface area (Å²) in [5, 5.41) is 2.05. The first-order valence-electron chi connectivity index (χ1n) is 5.30. The van der Waals surface area contributed by atoms with Gasteiger partial charge in [-0.15, -0.1) is 0 Å². The van der Waals surface area contributed by atoms with Crippen LogP contribution in [0.25, 0.3) is 0 Å². The van der Waals surface area contributed by atoms with Crippen molar-refractivity contribution < 1.29 is 22.4 Å². The quantitative estimate of drug-likeness (QED) is 0.638. The standard InChI is InChI=1S/C13H6BrF4NO/c14-8-2-1-6(15)5-7(8)13(20)19-10-4-3-9(16)11(17)12(10)18/h1-5H,(H,19,20). The Morgan fingerprint density at radius 3 is 2.40 bits per heavy atom. The Kier molecular flexibility index (Phi) is 4.08. The van der Waals surface area contributed by atoms with Gasteiger partial charge in [-0.3, -0.25) is 4.79 Å². The van der Waals surface area contributed by atoms with E-state index >= 15 is 0 Å². The maximum Gasteiger partial charge on any atom is 0.256 e. The minimum absolute atomic E-state index is 0.103. The van der Waals surface area contributed by atoms with Gasteiger partial charge in [-0.05, 0) is 46.3 Å². The van der Waals surface area contributed by atoms with Crippen molar-refractivity contribution >= 4 is 27.5 Å². The third kappa shape index (κ3) is 2.82. The number of hydrogen-bond acceptors (Lipinski definition) is 1. The predicted octanol–water partition coefficient (Wildman–Crippen LogP) is 4.26. The number of rotatable bonds is 2. The lowest BCUT2D eigenvalue weighted by Gasteiger charge is -2.08. The van der Waals surface area contributed by atoms with Crippen LogP contribution in [0.3, 0.4) is 0 Å². The average molecular weight is 348 g/mol. The summed E-state index contributed by atoms with van der Waals surface area (Å²) in [7, 11) is 0. The molecule has 0 aliphatic rings. The summed E-state index contributed by atoms with van der Waals surface area (Å²) in [6.45, 7) is 0. The Balaban J connectivity index is 2.33. The summed E-state index contributed by atoms with van der Waals surface area (Å²) in [5.74, 6) is -6.11. The zero-order chi connectivity index (χ0) is 14.9. The molecule has 0 unspecified atom stereocenters. The predicted molar refractivity (Wildman–Crippen MR) is 68.4 cm³/mol. The molecule has 0 saturated carbocycles. The molecule has 0 radical (unpaired) electrons. The molecule has 0 atom stereocenters. The lowest BCUT2D eigenvalue weighted by atomic mass is 10.2. The number of nitrogens with one attached hydrogen (secondary N) is 1. The van der Waals surface area contributed by atoms with Crippen LogP contribution in [0.4, 0.5) is 23.2 Å². The number of anilines is 1. The first-order valence-corrected chi connectivity index (χ1v) is 6.09. The molecule has 0 fully saturated rings. The SMILES string of the molecule is O=C(Nc1ccc(F)c(F)c1F)c1cc(F)ccc1Br. The molecule has 2 nitrogen and oxygen atoms in total. The molecule has 0 saturated heterocycles. The molecule has 2 rings (SSSR count). The van der Waals surface area contributed by atoms with Crippen LogP contribution < -0.4 is 5.32 Å². The Morgan fingerprint density at radius 1 is 1.00 bits per heavy atom. The second-order valence-electron chi connectivity index (χ2n) is 3.80. The molecule has 2 aromatic carbocycles. The molecule has 0 aliphatic heterocycles. The Hall–Kier alpha value is -1.89. The number of carbonyl (C=O) groups excluding carboxylic acids is 1. The zero-order valence-corrected chi connectivity index (χ0v) is 11.3. The van der Waals surface area contributed by atoms with Gasteiger partial charge in [0, 0.05) is 4.47 Å². The second kappa shape index (κ2) is 5.62. The van der Waals surface area contributed by atoms with Crippen molar-refractivity contribution in [3.63, 3.8) is 0 Å². The van der Waals surface area contributed by atoms with Crippen LogP contribution in [0.2, 0.25) is 0 Å². The monoisotopic (exact) mass is 347 g/mol. The number of halogens is 5. The molecule has 0 heterocycles. The van der Waals surface area contributed by atoms with Crippen molar-refractivity contribution in [2.45, 2.75) is 0 Å². The van der Waals surface area contributed by atoms with Crippen molar-refractivity contribution in [3.8, 4) is 0 Å². The minimum Gasteiger partial charge on any atom is -0.319 e. The lowest BCUT2D eigenvalue weighted by Crippen LogP contribution is -2.14. The largest absolute Gasteiger partial charge is 0.319 e. The highest BCUT2D eigenvalue weighted by Gasteiger charge is 2.17. The van der Waals surface area contributed by atoms with Gasteiger partial charge in [0.15, 0.2) is 17.5 Å². The number of hydrogen-bond donors (Lipinski definition) is 1. The van der Waals surface area contributed by atoms with Crippen molar-refractivity contribution in [2.24, 2.45) is 0 Å². The molecular weight excluding hydrogens is 342 g/mol. The molecule has 1 amide bonds. The van der Waals surface area contributed by atoms with Gasteiger partial charge in [-0.2, -0.15) is 0 Å². The molecule has 20 heavy (non-hydrogen) atoms. The third-order valence-corrected chi connectivity index (χ3v) is 3.15. The number of benzene rings is 2. The van der Waals surface area contributed by atoms with E-state index in [1.807, 2.05) is 5.32 Å². The molecule has 2 aromatic rings. The van der Waals surface area contributed by atoms with Crippen LogP contribution in [0.1, 0.15) is 10.4 Å². The summed E-state index contributed by atoms with van der Waals surface area (Å²) in [4.78, 5) is 11.8. The van der Waals surface area contributed by atoms with Crippen molar-refractivity contribution in [1.82, 2.24) is 0 Å². The van der Waals surface area contributed by atoms with E-state index in [0.717, 1.165) is 18.2 Å². The second-order valence-corrected chi connectivity index (χ2v) is 4.66. The highest BCUT2D eigenvalue weighted by Crippen LogP contribution is 2.23. The minimum atomic E-state index is -1.69. The molecule has 0 spiro atoms. The fourth-order valence-electron chi connectivity index (χ4n) is 1.48.